The average Bonchev–Trinajstić information content (AvgIpc) is 2.50. The molecule has 1 aromatic heterocycles. The van der Waals surface area contributed by atoms with Crippen LogP contribution in [0.25, 0.3) is 0 Å². The monoisotopic (exact) mass is 202 g/mol. The van der Waals surface area contributed by atoms with Crippen molar-refractivity contribution in [2.75, 3.05) is 5.73 Å². The van der Waals surface area contributed by atoms with Crippen molar-refractivity contribution in [3.05, 3.63) is 41.5 Å². The second kappa shape index (κ2) is 3.73. The van der Waals surface area contributed by atoms with Crippen LogP contribution in [0.2, 0.25) is 0 Å². The van der Waals surface area contributed by atoms with E-state index in [1.165, 1.54) is 0 Å². The maximum Gasteiger partial charge on any atom is 0.155 e. The van der Waals surface area contributed by atoms with Gasteiger partial charge in [-0.25, -0.2) is 4.98 Å². The van der Waals surface area contributed by atoms with Crippen LogP contribution in [0.4, 0.5) is 5.69 Å². The van der Waals surface area contributed by atoms with Gasteiger partial charge in [-0.15, -0.1) is 0 Å². The zero-order chi connectivity index (χ0) is 10.8. The minimum atomic E-state index is 0.689. The molecule has 4 heteroatoms. The van der Waals surface area contributed by atoms with Gasteiger partial charge in [-0.3, -0.25) is 4.68 Å². The fraction of sp³-hybridized carbons (Fsp3) is 0.273. The van der Waals surface area contributed by atoms with Crippen molar-refractivity contribution >= 4 is 5.69 Å². The number of anilines is 1. The van der Waals surface area contributed by atoms with Gasteiger partial charge < -0.3 is 5.73 Å². The summed E-state index contributed by atoms with van der Waals surface area (Å²) >= 11 is 0. The van der Waals surface area contributed by atoms with Gasteiger partial charge in [-0.2, -0.15) is 5.10 Å². The number of nitrogen functional groups attached to an aromatic ring is 1. The summed E-state index contributed by atoms with van der Waals surface area (Å²) in [4.78, 5) is 4.34. The number of hydrogen-bond acceptors (Lipinski definition) is 3. The van der Waals surface area contributed by atoms with Crippen molar-refractivity contribution in [2.24, 2.45) is 7.05 Å². The molecule has 0 aliphatic heterocycles. The number of benzene rings is 1. The smallest absolute Gasteiger partial charge is 0.155 e. The maximum atomic E-state index is 5.85. The van der Waals surface area contributed by atoms with Crippen molar-refractivity contribution in [3.63, 3.8) is 0 Å². The van der Waals surface area contributed by atoms with Crippen molar-refractivity contribution in [1.82, 2.24) is 14.8 Å². The normalized spacial score (nSPS) is 10.5. The van der Waals surface area contributed by atoms with Gasteiger partial charge in [0.05, 0.1) is 0 Å². The van der Waals surface area contributed by atoms with E-state index in [0.29, 0.717) is 6.42 Å². The van der Waals surface area contributed by atoms with Gasteiger partial charge >= 0.3 is 0 Å². The van der Waals surface area contributed by atoms with Crippen LogP contribution in [0, 0.1) is 6.92 Å². The van der Waals surface area contributed by atoms with E-state index in [1.807, 2.05) is 38.2 Å². The Balaban J connectivity index is 2.26. The maximum absolute atomic E-state index is 5.85. The van der Waals surface area contributed by atoms with Crippen molar-refractivity contribution in [2.45, 2.75) is 13.3 Å². The third-order valence-corrected chi connectivity index (χ3v) is 2.43. The van der Waals surface area contributed by atoms with Gasteiger partial charge in [0.15, 0.2) is 5.82 Å². The molecular formula is C11H14N4. The molecule has 0 unspecified atom stereocenters. The second-order valence-corrected chi connectivity index (χ2v) is 3.57. The van der Waals surface area contributed by atoms with E-state index in [2.05, 4.69) is 10.1 Å². The molecule has 1 aromatic carbocycles. The summed E-state index contributed by atoms with van der Waals surface area (Å²) in [6.07, 6.45) is 0.689. The summed E-state index contributed by atoms with van der Waals surface area (Å²) in [5.41, 5.74) is 7.72. The first-order valence-corrected chi connectivity index (χ1v) is 4.86. The molecule has 2 rings (SSSR count). The van der Waals surface area contributed by atoms with Crippen LogP contribution in [-0.2, 0) is 13.5 Å². The molecule has 4 nitrogen and oxygen atoms in total. The summed E-state index contributed by atoms with van der Waals surface area (Å²) in [5, 5.41) is 4.30. The molecule has 0 spiro atoms. The third kappa shape index (κ3) is 1.98. The predicted octanol–water partition coefficient (Wildman–Crippen LogP) is 1.30. The minimum Gasteiger partial charge on any atom is -0.398 e. The Labute approximate surface area is 88.8 Å². The lowest BCUT2D eigenvalue weighted by Gasteiger charge is -2.01. The second-order valence-electron chi connectivity index (χ2n) is 3.57. The fourth-order valence-corrected chi connectivity index (χ4v) is 1.47. The van der Waals surface area contributed by atoms with E-state index in [-0.39, 0.29) is 0 Å². The number of rotatable bonds is 2. The number of nitrogens with two attached hydrogens (primary N) is 1. The van der Waals surface area contributed by atoms with Crippen molar-refractivity contribution in [3.8, 4) is 0 Å². The van der Waals surface area contributed by atoms with Crippen LogP contribution in [0.5, 0.6) is 0 Å². The van der Waals surface area contributed by atoms with Gasteiger partial charge in [0.25, 0.3) is 0 Å². The SMILES string of the molecule is Cc1nc(Cc2ccccc2N)nn1C. The van der Waals surface area contributed by atoms with Gasteiger partial charge in [0.1, 0.15) is 5.82 Å². The van der Waals surface area contributed by atoms with E-state index in [4.69, 9.17) is 5.73 Å². The molecule has 1 heterocycles. The summed E-state index contributed by atoms with van der Waals surface area (Å²) in [7, 11) is 1.89. The number of aromatic nitrogens is 3. The van der Waals surface area contributed by atoms with Crippen LogP contribution in [-0.4, -0.2) is 14.8 Å². The molecule has 0 fully saturated rings. The summed E-state index contributed by atoms with van der Waals surface area (Å²) in [6.45, 7) is 1.94. The number of hydrogen-bond donors (Lipinski definition) is 1. The molecule has 0 aliphatic carbocycles. The molecule has 0 bridgehead atoms. The molecule has 0 radical (unpaired) electrons. The number of aryl methyl sites for hydroxylation is 2. The number of nitrogens with zero attached hydrogens (tertiary/aromatic N) is 3. The molecule has 0 atom stereocenters. The highest BCUT2D eigenvalue weighted by atomic mass is 15.3. The lowest BCUT2D eigenvalue weighted by atomic mass is 10.1. The Morgan fingerprint density at radius 3 is 2.67 bits per heavy atom. The molecule has 78 valence electrons. The van der Waals surface area contributed by atoms with Gasteiger partial charge in [0, 0.05) is 19.2 Å². The van der Waals surface area contributed by atoms with Crippen LogP contribution in [0.3, 0.4) is 0 Å². The highest BCUT2D eigenvalue weighted by Gasteiger charge is 2.05. The molecule has 2 aromatic rings. The molecule has 2 N–H and O–H groups in total. The topological polar surface area (TPSA) is 56.7 Å². The molecular weight excluding hydrogens is 188 g/mol. The quantitative estimate of drug-likeness (QED) is 0.747. The zero-order valence-corrected chi connectivity index (χ0v) is 8.94. The molecule has 0 saturated heterocycles. The van der Waals surface area contributed by atoms with Gasteiger partial charge in [0.2, 0.25) is 0 Å². The minimum absolute atomic E-state index is 0.689. The third-order valence-electron chi connectivity index (χ3n) is 2.43. The van der Waals surface area contributed by atoms with Gasteiger partial charge in [-0.1, -0.05) is 18.2 Å². The molecule has 15 heavy (non-hydrogen) atoms. The zero-order valence-electron chi connectivity index (χ0n) is 8.94. The molecule has 0 aliphatic rings. The van der Waals surface area contributed by atoms with Crippen molar-refractivity contribution in [1.29, 1.82) is 0 Å². The highest BCUT2D eigenvalue weighted by Crippen LogP contribution is 2.13. The lowest BCUT2D eigenvalue weighted by Crippen LogP contribution is -1.98. The first-order chi connectivity index (χ1) is 7.16. The van der Waals surface area contributed by atoms with E-state index in [1.54, 1.807) is 4.68 Å². The van der Waals surface area contributed by atoms with E-state index in [0.717, 1.165) is 22.9 Å². The molecule has 0 amide bonds. The van der Waals surface area contributed by atoms with Crippen LogP contribution in [0.1, 0.15) is 17.2 Å². The summed E-state index contributed by atoms with van der Waals surface area (Å²) in [5.74, 6) is 1.73. The van der Waals surface area contributed by atoms with Gasteiger partial charge in [-0.05, 0) is 18.6 Å². The fourth-order valence-electron chi connectivity index (χ4n) is 1.47. The summed E-state index contributed by atoms with van der Waals surface area (Å²) < 4.78 is 1.77. The average molecular weight is 202 g/mol. The van der Waals surface area contributed by atoms with Crippen molar-refractivity contribution < 1.29 is 0 Å². The number of para-hydroxylation sites is 1. The van der Waals surface area contributed by atoms with Crippen LogP contribution in [0.15, 0.2) is 24.3 Å². The molecule has 0 saturated carbocycles. The van der Waals surface area contributed by atoms with E-state index >= 15 is 0 Å². The Bertz CT molecular complexity index is 454. The predicted molar refractivity (Wildman–Crippen MR) is 59.4 cm³/mol. The van der Waals surface area contributed by atoms with E-state index in [9.17, 15) is 0 Å². The Kier molecular flexibility index (Phi) is 2.41. The first kappa shape index (κ1) is 9.71. The van der Waals surface area contributed by atoms with E-state index < -0.39 is 0 Å². The largest absolute Gasteiger partial charge is 0.398 e. The van der Waals surface area contributed by atoms with Crippen LogP contribution < -0.4 is 5.73 Å². The highest BCUT2D eigenvalue weighted by molar-refractivity contribution is 5.47. The Morgan fingerprint density at radius 2 is 2.07 bits per heavy atom. The van der Waals surface area contributed by atoms with Crippen LogP contribution >= 0.6 is 0 Å². The first-order valence-electron chi connectivity index (χ1n) is 4.86. The lowest BCUT2D eigenvalue weighted by molar-refractivity contribution is 0.724. The standard InChI is InChI=1S/C11H14N4/c1-8-13-11(14-15(8)2)7-9-5-3-4-6-10(9)12/h3-6H,7,12H2,1-2H3. The Morgan fingerprint density at radius 1 is 1.33 bits per heavy atom. The Hall–Kier alpha value is -1.84. The summed E-state index contributed by atoms with van der Waals surface area (Å²) in [6, 6.07) is 7.80.